The second kappa shape index (κ2) is 6.07. The summed E-state index contributed by atoms with van der Waals surface area (Å²) in [5, 5.41) is 2.49. The zero-order valence-electron chi connectivity index (χ0n) is 10.4. The summed E-state index contributed by atoms with van der Waals surface area (Å²) in [6, 6.07) is 7.86. The number of carbonyl (C=O) groups excluding carboxylic acids is 1. The lowest BCUT2D eigenvalue weighted by atomic mass is 10.2. The minimum atomic E-state index is -0.712. The number of hydrogen-bond acceptors (Lipinski definition) is 4. The third-order valence-corrected chi connectivity index (χ3v) is 2.58. The summed E-state index contributed by atoms with van der Waals surface area (Å²) in [6.07, 6.45) is 0. The van der Waals surface area contributed by atoms with E-state index >= 15 is 0 Å². The smallest absolute Gasteiger partial charge is 0.270 e. The number of hydrazine groups is 1. The number of amides is 1. The third-order valence-electron chi connectivity index (χ3n) is 2.58. The quantitative estimate of drug-likeness (QED) is 0.586. The van der Waals surface area contributed by atoms with Gasteiger partial charge in [0.25, 0.3) is 5.91 Å². The van der Waals surface area contributed by atoms with Crippen LogP contribution in [0.1, 0.15) is 16.1 Å². The molecule has 20 heavy (non-hydrogen) atoms. The van der Waals surface area contributed by atoms with Crippen molar-refractivity contribution in [1.82, 2.24) is 10.3 Å². The molecule has 0 unspecified atom stereocenters. The lowest BCUT2D eigenvalue weighted by Crippen LogP contribution is -2.24. The summed E-state index contributed by atoms with van der Waals surface area (Å²) in [7, 11) is 0. The van der Waals surface area contributed by atoms with Crippen molar-refractivity contribution in [3.05, 3.63) is 59.3 Å². The summed E-state index contributed by atoms with van der Waals surface area (Å²) in [6.45, 7) is -0.0626. The number of anilines is 1. The van der Waals surface area contributed by atoms with Crippen molar-refractivity contribution < 1.29 is 13.6 Å². The van der Waals surface area contributed by atoms with Gasteiger partial charge in [0, 0.05) is 18.2 Å². The highest BCUT2D eigenvalue weighted by Crippen LogP contribution is 2.09. The van der Waals surface area contributed by atoms with Crippen molar-refractivity contribution in [1.29, 1.82) is 0 Å². The Morgan fingerprint density at radius 3 is 2.75 bits per heavy atom. The van der Waals surface area contributed by atoms with Crippen LogP contribution in [0.2, 0.25) is 0 Å². The summed E-state index contributed by atoms with van der Waals surface area (Å²) in [5.41, 5.74) is 2.65. The van der Waals surface area contributed by atoms with E-state index in [2.05, 4.69) is 15.7 Å². The van der Waals surface area contributed by atoms with E-state index in [0.717, 1.165) is 12.1 Å². The van der Waals surface area contributed by atoms with Crippen LogP contribution in [-0.2, 0) is 6.54 Å². The average Bonchev–Trinajstić information content (AvgIpc) is 2.46. The van der Waals surface area contributed by atoms with Crippen LogP contribution in [0.4, 0.5) is 14.6 Å². The minimum Gasteiger partial charge on any atom is -0.347 e. The standard InChI is InChI=1S/C13H12F2N4O/c14-9-5-4-8(10(15)6-9)7-17-13(20)11-2-1-3-12(18-11)19-16/h1-6H,7,16H2,(H,17,20)(H,18,19). The van der Waals surface area contributed by atoms with Gasteiger partial charge in [-0.25, -0.2) is 19.6 Å². The van der Waals surface area contributed by atoms with Crippen molar-refractivity contribution in [2.45, 2.75) is 6.54 Å². The molecule has 1 heterocycles. The van der Waals surface area contributed by atoms with Gasteiger partial charge in [-0.1, -0.05) is 12.1 Å². The Balaban J connectivity index is 2.04. The Morgan fingerprint density at radius 2 is 2.05 bits per heavy atom. The first-order valence-corrected chi connectivity index (χ1v) is 5.76. The molecular formula is C13H12F2N4O. The number of benzene rings is 1. The second-order valence-electron chi connectivity index (χ2n) is 3.97. The van der Waals surface area contributed by atoms with E-state index in [1.165, 1.54) is 12.1 Å². The molecule has 0 aliphatic heterocycles. The fraction of sp³-hybridized carbons (Fsp3) is 0.0769. The molecule has 7 heteroatoms. The van der Waals surface area contributed by atoms with E-state index < -0.39 is 17.5 Å². The molecule has 0 radical (unpaired) electrons. The molecule has 1 amide bonds. The molecule has 0 saturated heterocycles. The van der Waals surface area contributed by atoms with Crippen LogP contribution >= 0.6 is 0 Å². The van der Waals surface area contributed by atoms with Gasteiger partial charge in [0.2, 0.25) is 0 Å². The molecule has 1 aromatic carbocycles. The Kier molecular flexibility index (Phi) is 4.21. The van der Waals surface area contributed by atoms with E-state index in [0.29, 0.717) is 5.82 Å². The minimum absolute atomic E-state index is 0.0626. The number of nitrogen functional groups attached to an aromatic ring is 1. The molecule has 0 aliphatic rings. The van der Waals surface area contributed by atoms with Crippen LogP contribution in [-0.4, -0.2) is 10.9 Å². The van der Waals surface area contributed by atoms with E-state index in [1.807, 2.05) is 0 Å². The molecule has 0 saturated carbocycles. The molecule has 0 aliphatic carbocycles. The SMILES string of the molecule is NNc1cccc(C(=O)NCc2ccc(F)cc2F)n1. The molecule has 4 N–H and O–H groups in total. The molecule has 0 fully saturated rings. The molecule has 104 valence electrons. The number of nitrogens with zero attached hydrogens (tertiary/aromatic N) is 1. The van der Waals surface area contributed by atoms with Gasteiger partial charge >= 0.3 is 0 Å². The van der Waals surface area contributed by atoms with Crippen LogP contribution < -0.4 is 16.6 Å². The number of carbonyl (C=O) groups is 1. The van der Waals surface area contributed by atoms with Crippen molar-refractivity contribution in [2.75, 3.05) is 5.43 Å². The molecule has 0 spiro atoms. The Labute approximate surface area is 113 Å². The molecule has 2 rings (SSSR count). The van der Waals surface area contributed by atoms with Crippen molar-refractivity contribution in [3.8, 4) is 0 Å². The number of pyridine rings is 1. The van der Waals surface area contributed by atoms with Crippen LogP contribution in [0.3, 0.4) is 0 Å². The van der Waals surface area contributed by atoms with Crippen molar-refractivity contribution >= 4 is 11.7 Å². The summed E-state index contributed by atoms with van der Waals surface area (Å²) in [4.78, 5) is 15.8. The first-order valence-electron chi connectivity index (χ1n) is 5.76. The summed E-state index contributed by atoms with van der Waals surface area (Å²) >= 11 is 0. The van der Waals surface area contributed by atoms with Crippen LogP contribution in [0.5, 0.6) is 0 Å². The first kappa shape index (κ1) is 13.9. The normalized spacial score (nSPS) is 10.2. The number of rotatable bonds is 4. The fourth-order valence-corrected chi connectivity index (χ4v) is 1.57. The van der Waals surface area contributed by atoms with Gasteiger partial charge in [-0.15, -0.1) is 0 Å². The zero-order chi connectivity index (χ0) is 14.5. The van der Waals surface area contributed by atoms with Crippen molar-refractivity contribution in [2.24, 2.45) is 5.84 Å². The largest absolute Gasteiger partial charge is 0.347 e. The number of aromatic nitrogens is 1. The lowest BCUT2D eigenvalue weighted by Gasteiger charge is -2.07. The van der Waals surface area contributed by atoms with Gasteiger partial charge in [-0.2, -0.15) is 0 Å². The molecule has 0 atom stereocenters. The predicted octanol–water partition coefficient (Wildman–Crippen LogP) is 1.58. The summed E-state index contributed by atoms with van der Waals surface area (Å²) < 4.78 is 26.1. The number of nitrogens with one attached hydrogen (secondary N) is 2. The molecule has 0 bridgehead atoms. The van der Waals surface area contributed by atoms with E-state index in [9.17, 15) is 13.6 Å². The number of nitrogens with two attached hydrogens (primary N) is 1. The topological polar surface area (TPSA) is 80.0 Å². The Morgan fingerprint density at radius 1 is 1.25 bits per heavy atom. The van der Waals surface area contributed by atoms with E-state index in [-0.39, 0.29) is 17.8 Å². The van der Waals surface area contributed by atoms with Crippen LogP contribution in [0, 0.1) is 11.6 Å². The Hall–Kier alpha value is -2.54. The lowest BCUT2D eigenvalue weighted by molar-refractivity contribution is 0.0945. The maximum Gasteiger partial charge on any atom is 0.270 e. The highest BCUT2D eigenvalue weighted by Gasteiger charge is 2.09. The van der Waals surface area contributed by atoms with E-state index in [4.69, 9.17) is 5.84 Å². The van der Waals surface area contributed by atoms with Crippen LogP contribution in [0.15, 0.2) is 36.4 Å². The van der Waals surface area contributed by atoms with Gasteiger partial charge in [-0.3, -0.25) is 4.79 Å². The molecule has 5 nitrogen and oxygen atoms in total. The van der Waals surface area contributed by atoms with Gasteiger partial charge < -0.3 is 10.7 Å². The number of hydrogen-bond donors (Lipinski definition) is 3. The zero-order valence-corrected chi connectivity index (χ0v) is 10.4. The third kappa shape index (κ3) is 3.27. The predicted molar refractivity (Wildman–Crippen MR) is 69.6 cm³/mol. The highest BCUT2D eigenvalue weighted by molar-refractivity contribution is 5.92. The van der Waals surface area contributed by atoms with Gasteiger partial charge in [0.05, 0.1) is 0 Å². The highest BCUT2D eigenvalue weighted by atomic mass is 19.1. The maximum absolute atomic E-state index is 13.4. The van der Waals surface area contributed by atoms with Gasteiger partial charge in [0.15, 0.2) is 0 Å². The average molecular weight is 278 g/mol. The monoisotopic (exact) mass is 278 g/mol. The van der Waals surface area contributed by atoms with E-state index in [1.54, 1.807) is 12.1 Å². The van der Waals surface area contributed by atoms with Crippen molar-refractivity contribution in [3.63, 3.8) is 0 Å². The second-order valence-corrected chi connectivity index (χ2v) is 3.97. The maximum atomic E-state index is 13.4. The molecular weight excluding hydrogens is 266 g/mol. The Bertz CT molecular complexity index is 634. The summed E-state index contributed by atoms with van der Waals surface area (Å²) in [5.74, 6) is 3.67. The first-order chi connectivity index (χ1) is 9.60. The van der Waals surface area contributed by atoms with Crippen LogP contribution in [0.25, 0.3) is 0 Å². The number of halogens is 2. The molecule has 1 aromatic heterocycles. The fourth-order valence-electron chi connectivity index (χ4n) is 1.57. The van der Waals surface area contributed by atoms with Gasteiger partial charge in [0.1, 0.15) is 23.1 Å². The molecule has 2 aromatic rings. The van der Waals surface area contributed by atoms with Gasteiger partial charge in [-0.05, 0) is 18.2 Å².